The number of ether oxygens (including phenoxy) is 1. The Kier molecular flexibility index (Phi) is 4.33. The van der Waals surface area contributed by atoms with Gasteiger partial charge in [0.2, 0.25) is 0 Å². The molecule has 4 heteroatoms. The van der Waals surface area contributed by atoms with Crippen LogP contribution in [0.4, 0.5) is 0 Å². The van der Waals surface area contributed by atoms with E-state index in [1.165, 1.54) is 4.88 Å². The number of thiazole rings is 1. The number of para-hydroxylation sites is 1. The molecule has 0 aliphatic rings. The van der Waals surface area contributed by atoms with Crippen molar-refractivity contribution in [3.05, 3.63) is 45.4 Å². The Morgan fingerprint density at radius 1 is 1.28 bits per heavy atom. The van der Waals surface area contributed by atoms with Gasteiger partial charge in [-0.3, -0.25) is 0 Å². The fraction of sp³-hybridized carbons (Fsp3) is 0.357. The Balaban J connectivity index is 2.05. The maximum atomic E-state index is 5.84. The molecule has 2 aromatic rings. The number of hydrogen-bond acceptors (Lipinski definition) is 4. The fourth-order valence-corrected chi connectivity index (χ4v) is 2.59. The Bertz CT molecular complexity index is 503. The zero-order valence-corrected chi connectivity index (χ0v) is 11.6. The second-order valence-electron chi connectivity index (χ2n) is 4.18. The van der Waals surface area contributed by atoms with Gasteiger partial charge in [0, 0.05) is 4.88 Å². The zero-order chi connectivity index (χ0) is 13.0. The fourth-order valence-electron chi connectivity index (χ4n) is 1.75. The first-order valence-electron chi connectivity index (χ1n) is 6.04. The van der Waals surface area contributed by atoms with Crippen molar-refractivity contribution < 1.29 is 4.74 Å². The number of aromatic nitrogens is 1. The van der Waals surface area contributed by atoms with E-state index in [9.17, 15) is 0 Å². The summed E-state index contributed by atoms with van der Waals surface area (Å²) in [5.41, 5.74) is 7.84. The van der Waals surface area contributed by atoms with E-state index in [2.05, 4.69) is 18.0 Å². The molecule has 0 bridgehead atoms. The van der Waals surface area contributed by atoms with Crippen LogP contribution in [0.15, 0.2) is 24.3 Å². The topological polar surface area (TPSA) is 48.1 Å². The average Bonchev–Trinajstić information content (AvgIpc) is 2.68. The molecule has 0 saturated carbocycles. The van der Waals surface area contributed by atoms with Gasteiger partial charge in [-0.1, -0.05) is 18.2 Å². The normalized spacial score (nSPS) is 10.6. The molecule has 0 radical (unpaired) electrons. The van der Waals surface area contributed by atoms with Crippen molar-refractivity contribution in [2.75, 3.05) is 6.54 Å². The third-order valence-electron chi connectivity index (χ3n) is 2.81. The predicted molar refractivity (Wildman–Crippen MR) is 75.1 cm³/mol. The van der Waals surface area contributed by atoms with E-state index in [4.69, 9.17) is 10.5 Å². The van der Waals surface area contributed by atoms with E-state index < -0.39 is 0 Å². The molecule has 0 spiro atoms. The Hall–Kier alpha value is -1.39. The van der Waals surface area contributed by atoms with Crippen LogP contribution >= 0.6 is 11.3 Å². The summed E-state index contributed by atoms with van der Waals surface area (Å²) in [5, 5.41) is 1.02. The summed E-state index contributed by atoms with van der Waals surface area (Å²) < 4.78 is 5.84. The summed E-state index contributed by atoms with van der Waals surface area (Å²) in [6.45, 7) is 5.27. The molecule has 96 valence electrons. The summed E-state index contributed by atoms with van der Waals surface area (Å²) in [6, 6.07) is 8.03. The second kappa shape index (κ2) is 5.98. The molecule has 2 N–H and O–H groups in total. The average molecular weight is 262 g/mol. The molecule has 1 heterocycles. The number of benzene rings is 1. The summed E-state index contributed by atoms with van der Waals surface area (Å²) in [7, 11) is 0. The van der Waals surface area contributed by atoms with Gasteiger partial charge in [-0.15, -0.1) is 11.3 Å². The molecule has 0 unspecified atom stereocenters. The number of nitrogens with zero attached hydrogens (tertiary/aromatic N) is 1. The molecule has 1 aromatic carbocycles. The monoisotopic (exact) mass is 262 g/mol. The Morgan fingerprint density at radius 2 is 2.06 bits per heavy atom. The minimum Gasteiger partial charge on any atom is -0.486 e. The van der Waals surface area contributed by atoms with Gasteiger partial charge in [0.25, 0.3) is 0 Å². The van der Waals surface area contributed by atoms with Gasteiger partial charge in [0.1, 0.15) is 17.4 Å². The molecule has 0 saturated heterocycles. The van der Waals surface area contributed by atoms with Crippen molar-refractivity contribution in [2.45, 2.75) is 26.9 Å². The molecular formula is C14H18N2OS. The highest BCUT2D eigenvalue weighted by molar-refractivity contribution is 7.11. The van der Waals surface area contributed by atoms with Gasteiger partial charge >= 0.3 is 0 Å². The molecule has 0 aliphatic carbocycles. The van der Waals surface area contributed by atoms with Crippen LogP contribution in [0.5, 0.6) is 5.75 Å². The van der Waals surface area contributed by atoms with E-state index in [0.717, 1.165) is 28.4 Å². The molecule has 1 aromatic heterocycles. The maximum Gasteiger partial charge on any atom is 0.140 e. The van der Waals surface area contributed by atoms with Crippen LogP contribution in [0.25, 0.3) is 0 Å². The molecular weight excluding hydrogens is 244 g/mol. The Labute approximate surface area is 112 Å². The standard InChI is InChI=1S/C14H18N2OS/c1-10-11(2)18-14(16-10)9-17-13-6-4-3-5-12(13)7-8-15/h3-6H,7-9,15H2,1-2H3. The lowest BCUT2D eigenvalue weighted by Gasteiger charge is -2.09. The van der Waals surface area contributed by atoms with Crippen LogP contribution in [-0.4, -0.2) is 11.5 Å². The molecule has 2 rings (SSSR count). The summed E-state index contributed by atoms with van der Waals surface area (Å²) in [4.78, 5) is 5.72. The molecule has 0 fully saturated rings. The van der Waals surface area contributed by atoms with E-state index in [1.54, 1.807) is 11.3 Å². The van der Waals surface area contributed by atoms with Crippen molar-refractivity contribution in [3.8, 4) is 5.75 Å². The number of hydrogen-bond donors (Lipinski definition) is 1. The summed E-state index contributed by atoms with van der Waals surface area (Å²) >= 11 is 1.69. The van der Waals surface area contributed by atoms with E-state index >= 15 is 0 Å². The van der Waals surface area contributed by atoms with Crippen LogP contribution in [0.2, 0.25) is 0 Å². The van der Waals surface area contributed by atoms with Crippen LogP contribution in [-0.2, 0) is 13.0 Å². The van der Waals surface area contributed by atoms with E-state index in [1.807, 2.05) is 25.1 Å². The second-order valence-corrected chi connectivity index (χ2v) is 5.47. The largest absolute Gasteiger partial charge is 0.486 e. The van der Waals surface area contributed by atoms with Gasteiger partial charge in [-0.2, -0.15) is 0 Å². The summed E-state index contributed by atoms with van der Waals surface area (Å²) in [6.07, 6.45) is 0.839. The minimum absolute atomic E-state index is 0.529. The lowest BCUT2D eigenvalue weighted by molar-refractivity contribution is 0.302. The van der Waals surface area contributed by atoms with Gasteiger partial charge in [0.15, 0.2) is 0 Å². The molecule has 0 amide bonds. The first-order chi connectivity index (χ1) is 8.70. The quantitative estimate of drug-likeness (QED) is 0.901. The smallest absolute Gasteiger partial charge is 0.140 e. The van der Waals surface area contributed by atoms with Crippen molar-refractivity contribution in [1.29, 1.82) is 0 Å². The predicted octanol–water partition coefficient (Wildman–Crippen LogP) is 2.84. The van der Waals surface area contributed by atoms with Crippen LogP contribution < -0.4 is 10.5 Å². The first-order valence-corrected chi connectivity index (χ1v) is 6.86. The minimum atomic E-state index is 0.529. The van der Waals surface area contributed by atoms with Crippen molar-refractivity contribution >= 4 is 11.3 Å². The molecule has 18 heavy (non-hydrogen) atoms. The van der Waals surface area contributed by atoms with Gasteiger partial charge in [-0.05, 0) is 38.4 Å². The number of nitrogens with two attached hydrogens (primary N) is 1. The van der Waals surface area contributed by atoms with E-state index in [-0.39, 0.29) is 0 Å². The van der Waals surface area contributed by atoms with E-state index in [0.29, 0.717) is 13.2 Å². The van der Waals surface area contributed by atoms with Crippen molar-refractivity contribution in [2.24, 2.45) is 5.73 Å². The Morgan fingerprint density at radius 3 is 2.72 bits per heavy atom. The van der Waals surface area contributed by atoms with Crippen LogP contribution in [0.1, 0.15) is 21.1 Å². The first kappa shape index (κ1) is 13.1. The highest BCUT2D eigenvalue weighted by atomic mass is 32.1. The third-order valence-corrected chi connectivity index (χ3v) is 3.86. The summed E-state index contributed by atoms with van der Waals surface area (Å²) in [5.74, 6) is 0.911. The zero-order valence-electron chi connectivity index (χ0n) is 10.8. The van der Waals surface area contributed by atoms with Crippen LogP contribution in [0, 0.1) is 13.8 Å². The molecule has 0 atom stereocenters. The van der Waals surface area contributed by atoms with Crippen molar-refractivity contribution in [3.63, 3.8) is 0 Å². The van der Waals surface area contributed by atoms with Crippen LogP contribution in [0.3, 0.4) is 0 Å². The maximum absolute atomic E-state index is 5.84. The third kappa shape index (κ3) is 3.09. The van der Waals surface area contributed by atoms with Gasteiger partial charge < -0.3 is 10.5 Å². The highest BCUT2D eigenvalue weighted by Gasteiger charge is 2.06. The van der Waals surface area contributed by atoms with Crippen molar-refractivity contribution in [1.82, 2.24) is 4.98 Å². The lowest BCUT2D eigenvalue weighted by Crippen LogP contribution is -2.05. The van der Waals surface area contributed by atoms with Gasteiger partial charge in [0.05, 0.1) is 5.69 Å². The van der Waals surface area contributed by atoms with Gasteiger partial charge in [-0.25, -0.2) is 4.98 Å². The SMILES string of the molecule is Cc1nc(COc2ccccc2CCN)sc1C. The highest BCUT2D eigenvalue weighted by Crippen LogP contribution is 2.22. The number of rotatable bonds is 5. The number of aryl methyl sites for hydroxylation is 2. The molecule has 3 nitrogen and oxygen atoms in total. The molecule has 0 aliphatic heterocycles. The lowest BCUT2D eigenvalue weighted by atomic mass is 10.1.